The van der Waals surface area contributed by atoms with Crippen LogP contribution in [0.25, 0.3) is 0 Å². The van der Waals surface area contributed by atoms with Crippen LogP contribution in [0.15, 0.2) is 18.2 Å². The Labute approximate surface area is 122 Å². The van der Waals surface area contributed by atoms with Crippen molar-refractivity contribution < 1.29 is 19.7 Å². The molecule has 0 saturated carbocycles. The van der Waals surface area contributed by atoms with Gasteiger partial charge in [-0.15, -0.1) is 0 Å². The van der Waals surface area contributed by atoms with Crippen LogP contribution in [0.5, 0.6) is 0 Å². The maximum absolute atomic E-state index is 11.4. The second kappa shape index (κ2) is 5.60. The number of hydrogen-bond donors (Lipinski definition) is 2. The molecular formula is C14H18ClNO4. The number of ether oxygens (including phenoxy) is 1. The number of rotatable bonds is 3. The maximum atomic E-state index is 11.4. The Hall–Kier alpha value is -1.30. The summed E-state index contributed by atoms with van der Waals surface area (Å²) in [5, 5.41) is 19.0. The Morgan fingerprint density at radius 2 is 2.25 bits per heavy atom. The molecule has 5 nitrogen and oxygen atoms in total. The van der Waals surface area contributed by atoms with Crippen LogP contribution in [-0.4, -0.2) is 47.6 Å². The standard InChI is InChI=1S/C14H18ClNO4/c1-14(2)8-16(6-10(7-17)20-14)12-4-3-9(15)5-11(12)13(18)19/h3-5,10,17H,6-8H2,1-2H3,(H,18,19). The molecule has 0 amide bonds. The van der Waals surface area contributed by atoms with E-state index >= 15 is 0 Å². The summed E-state index contributed by atoms with van der Waals surface area (Å²) < 4.78 is 5.73. The Bertz CT molecular complexity index is 518. The highest BCUT2D eigenvalue weighted by Gasteiger charge is 2.34. The van der Waals surface area contributed by atoms with Crippen LogP contribution >= 0.6 is 11.6 Å². The van der Waals surface area contributed by atoms with E-state index in [-0.39, 0.29) is 18.3 Å². The highest BCUT2D eigenvalue weighted by atomic mass is 35.5. The summed E-state index contributed by atoms with van der Waals surface area (Å²) in [6.07, 6.45) is -0.337. The molecule has 1 aliphatic rings. The molecule has 1 aliphatic heterocycles. The summed E-state index contributed by atoms with van der Waals surface area (Å²) in [5.41, 5.74) is 0.296. The summed E-state index contributed by atoms with van der Waals surface area (Å²) in [7, 11) is 0. The van der Waals surface area contributed by atoms with E-state index in [1.54, 1.807) is 12.1 Å². The number of aliphatic hydroxyl groups is 1. The number of morpholine rings is 1. The van der Waals surface area contributed by atoms with Crippen LogP contribution in [0.4, 0.5) is 5.69 Å². The zero-order chi connectivity index (χ0) is 14.9. The fraction of sp³-hybridized carbons (Fsp3) is 0.500. The number of benzene rings is 1. The number of carboxylic acids is 1. The van der Waals surface area contributed by atoms with Gasteiger partial charge in [0.1, 0.15) is 0 Å². The van der Waals surface area contributed by atoms with Crippen molar-refractivity contribution in [3.8, 4) is 0 Å². The van der Waals surface area contributed by atoms with Gasteiger partial charge >= 0.3 is 5.97 Å². The predicted octanol–water partition coefficient (Wildman–Crippen LogP) is 2.01. The van der Waals surface area contributed by atoms with Crippen molar-refractivity contribution in [2.45, 2.75) is 25.6 Å². The lowest BCUT2D eigenvalue weighted by atomic mass is 10.0. The molecule has 1 saturated heterocycles. The van der Waals surface area contributed by atoms with E-state index in [0.717, 1.165) is 0 Å². The first-order chi connectivity index (χ1) is 9.32. The first-order valence-corrected chi connectivity index (χ1v) is 6.76. The Morgan fingerprint density at radius 3 is 2.85 bits per heavy atom. The van der Waals surface area contributed by atoms with E-state index in [9.17, 15) is 15.0 Å². The number of halogens is 1. The molecule has 0 radical (unpaired) electrons. The van der Waals surface area contributed by atoms with Crippen molar-refractivity contribution in [2.24, 2.45) is 0 Å². The van der Waals surface area contributed by atoms with Gasteiger partial charge in [0.15, 0.2) is 0 Å². The largest absolute Gasteiger partial charge is 0.478 e. The maximum Gasteiger partial charge on any atom is 0.337 e. The van der Waals surface area contributed by atoms with Gasteiger partial charge in [0.25, 0.3) is 0 Å². The SMILES string of the molecule is CC1(C)CN(c2ccc(Cl)cc2C(=O)O)CC(CO)O1. The van der Waals surface area contributed by atoms with Crippen molar-refractivity contribution in [3.63, 3.8) is 0 Å². The molecule has 6 heteroatoms. The fourth-order valence-electron chi connectivity index (χ4n) is 2.53. The summed E-state index contributed by atoms with van der Waals surface area (Å²) in [6, 6.07) is 4.80. The van der Waals surface area contributed by atoms with Crippen LogP contribution in [-0.2, 0) is 4.74 Å². The molecule has 0 aromatic heterocycles. The van der Waals surface area contributed by atoms with E-state index in [4.69, 9.17) is 16.3 Å². The third-order valence-corrected chi connectivity index (χ3v) is 3.45. The lowest BCUT2D eigenvalue weighted by Crippen LogP contribution is -2.54. The first-order valence-electron chi connectivity index (χ1n) is 6.39. The van der Waals surface area contributed by atoms with E-state index in [2.05, 4.69) is 0 Å². The van der Waals surface area contributed by atoms with Gasteiger partial charge in [-0.1, -0.05) is 11.6 Å². The summed E-state index contributed by atoms with van der Waals surface area (Å²) in [4.78, 5) is 13.3. The predicted molar refractivity (Wildman–Crippen MR) is 76.7 cm³/mol. The van der Waals surface area contributed by atoms with Gasteiger partial charge < -0.3 is 19.8 Å². The van der Waals surface area contributed by atoms with Gasteiger partial charge in [0.05, 0.1) is 29.6 Å². The van der Waals surface area contributed by atoms with Crippen molar-refractivity contribution >= 4 is 23.3 Å². The highest BCUT2D eigenvalue weighted by Crippen LogP contribution is 2.30. The molecule has 0 spiro atoms. The van der Waals surface area contributed by atoms with E-state index in [1.165, 1.54) is 6.07 Å². The minimum atomic E-state index is -1.02. The van der Waals surface area contributed by atoms with Gasteiger partial charge in [-0.05, 0) is 32.0 Å². The zero-order valence-electron chi connectivity index (χ0n) is 11.5. The van der Waals surface area contributed by atoms with Gasteiger partial charge in [0.2, 0.25) is 0 Å². The topological polar surface area (TPSA) is 70.0 Å². The smallest absolute Gasteiger partial charge is 0.337 e. The number of nitrogens with zero attached hydrogens (tertiary/aromatic N) is 1. The molecule has 1 aromatic rings. The number of anilines is 1. The van der Waals surface area contributed by atoms with Gasteiger partial charge in [-0.3, -0.25) is 0 Å². The molecule has 1 heterocycles. The number of aromatic carboxylic acids is 1. The molecule has 1 fully saturated rings. The van der Waals surface area contributed by atoms with E-state index in [1.807, 2.05) is 18.7 Å². The molecule has 110 valence electrons. The van der Waals surface area contributed by atoms with Crippen molar-refractivity contribution in [3.05, 3.63) is 28.8 Å². The Balaban J connectivity index is 2.37. The lowest BCUT2D eigenvalue weighted by Gasteiger charge is -2.43. The van der Waals surface area contributed by atoms with Crippen molar-refractivity contribution in [2.75, 3.05) is 24.6 Å². The van der Waals surface area contributed by atoms with Crippen LogP contribution in [0, 0.1) is 0 Å². The van der Waals surface area contributed by atoms with Crippen molar-refractivity contribution in [1.29, 1.82) is 0 Å². The second-order valence-corrected chi connectivity index (χ2v) is 5.97. The third kappa shape index (κ3) is 3.23. The summed E-state index contributed by atoms with van der Waals surface area (Å²) in [5.74, 6) is -1.02. The minimum absolute atomic E-state index is 0.101. The minimum Gasteiger partial charge on any atom is -0.478 e. The molecule has 1 aromatic carbocycles. The summed E-state index contributed by atoms with van der Waals surface area (Å²) >= 11 is 5.87. The fourth-order valence-corrected chi connectivity index (χ4v) is 2.70. The monoisotopic (exact) mass is 299 g/mol. The molecule has 2 N–H and O–H groups in total. The number of carboxylic acid groups (broad SMARTS) is 1. The van der Waals surface area contributed by atoms with Crippen LogP contribution in [0.2, 0.25) is 5.02 Å². The normalized spacial score (nSPS) is 21.8. The van der Waals surface area contributed by atoms with E-state index in [0.29, 0.717) is 23.8 Å². The van der Waals surface area contributed by atoms with Crippen LogP contribution in [0.1, 0.15) is 24.2 Å². The van der Waals surface area contributed by atoms with Gasteiger partial charge in [0, 0.05) is 18.1 Å². The van der Waals surface area contributed by atoms with Crippen LogP contribution in [0.3, 0.4) is 0 Å². The molecule has 20 heavy (non-hydrogen) atoms. The molecule has 1 atom stereocenters. The van der Waals surface area contributed by atoms with E-state index < -0.39 is 11.6 Å². The third-order valence-electron chi connectivity index (χ3n) is 3.21. The molecule has 0 bridgehead atoms. The number of hydrogen-bond acceptors (Lipinski definition) is 4. The average Bonchev–Trinajstić information content (AvgIpc) is 2.36. The summed E-state index contributed by atoms with van der Waals surface area (Å²) in [6.45, 7) is 4.72. The number of aliphatic hydroxyl groups excluding tert-OH is 1. The molecular weight excluding hydrogens is 282 g/mol. The zero-order valence-corrected chi connectivity index (χ0v) is 12.2. The highest BCUT2D eigenvalue weighted by molar-refractivity contribution is 6.31. The number of carbonyl (C=O) groups is 1. The van der Waals surface area contributed by atoms with Gasteiger partial charge in [-0.25, -0.2) is 4.79 Å². The molecule has 2 rings (SSSR count). The average molecular weight is 300 g/mol. The second-order valence-electron chi connectivity index (χ2n) is 5.53. The Morgan fingerprint density at radius 1 is 1.55 bits per heavy atom. The first kappa shape index (κ1) is 15.1. The molecule has 1 unspecified atom stereocenters. The molecule has 0 aliphatic carbocycles. The van der Waals surface area contributed by atoms with Gasteiger partial charge in [-0.2, -0.15) is 0 Å². The van der Waals surface area contributed by atoms with Crippen LogP contribution < -0.4 is 4.90 Å². The Kier molecular flexibility index (Phi) is 4.22. The lowest BCUT2D eigenvalue weighted by molar-refractivity contribution is -0.101. The van der Waals surface area contributed by atoms with Crippen molar-refractivity contribution in [1.82, 2.24) is 0 Å². The quantitative estimate of drug-likeness (QED) is 0.893.